The third kappa shape index (κ3) is 4.15. The van der Waals surface area contributed by atoms with E-state index in [1.807, 2.05) is 0 Å². The molecule has 1 fully saturated rings. The summed E-state index contributed by atoms with van der Waals surface area (Å²) >= 11 is 1.78. The van der Waals surface area contributed by atoms with Crippen molar-refractivity contribution in [2.75, 3.05) is 12.4 Å². The van der Waals surface area contributed by atoms with Crippen LogP contribution in [0.3, 0.4) is 0 Å². The fraction of sp³-hybridized carbons (Fsp3) is 0.700. The normalized spacial score (nSPS) is 28.6. The lowest BCUT2D eigenvalue weighted by Gasteiger charge is -2.22. The van der Waals surface area contributed by atoms with E-state index in [9.17, 15) is 4.79 Å². The molecule has 0 aromatic heterocycles. The summed E-state index contributed by atoms with van der Waals surface area (Å²) in [6.07, 6.45) is 2.94. The van der Waals surface area contributed by atoms with Crippen LogP contribution in [0.2, 0.25) is 0 Å². The molecule has 0 aromatic rings. The van der Waals surface area contributed by atoms with Crippen molar-refractivity contribution in [1.82, 2.24) is 0 Å². The van der Waals surface area contributed by atoms with Gasteiger partial charge in [-0.2, -0.15) is 11.8 Å². The fourth-order valence-electron chi connectivity index (χ4n) is 1.21. The van der Waals surface area contributed by atoms with Crippen molar-refractivity contribution in [2.24, 2.45) is 0 Å². The van der Waals surface area contributed by atoms with Gasteiger partial charge in [-0.1, -0.05) is 13.5 Å². The largest absolute Gasteiger partial charge is 0.432 e. The lowest BCUT2D eigenvalue weighted by Crippen LogP contribution is -2.26. The minimum atomic E-state index is -0.413. The van der Waals surface area contributed by atoms with Crippen LogP contribution in [0, 0.1) is 0 Å². The number of carbonyl (C=O) groups is 1. The first-order valence-corrected chi connectivity index (χ1v) is 5.83. The molecule has 0 radical (unpaired) electrons. The maximum Gasteiger partial charge on any atom is 0.332 e. The number of hydrogen-bond donors (Lipinski definition) is 0. The van der Waals surface area contributed by atoms with Gasteiger partial charge in [-0.25, -0.2) is 4.79 Å². The SMILES string of the molecule is C=CC(=O)OC1CSC(C)CCCO1. The second kappa shape index (κ2) is 6.09. The maximum atomic E-state index is 10.9. The van der Waals surface area contributed by atoms with Gasteiger partial charge in [0.05, 0.1) is 12.4 Å². The molecule has 0 N–H and O–H groups in total. The number of thioether (sulfide) groups is 1. The number of ether oxygens (including phenoxy) is 2. The van der Waals surface area contributed by atoms with Crippen LogP contribution in [0.5, 0.6) is 0 Å². The van der Waals surface area contributed by atoms with Crippen molar-refractivity contribution >= 4 is 17.7 Å². The highest BCUT2D eigenvalue weighted by Gasteiger charge is 2.17. The van der Waals surface area contributed by atoms with E-state index in [1.54, 1.807) is 11.8 Å². The number of carbonyl (C=O) groups excluding carboxylic acids is 1. The van der Waals surface area contributed by atoms with E-state index < -0.39 is 12.3 Å². The predicted molar refractivity (Wildman–Crippen MR) is 57.2 cm³/mol. The van der Waals surface area contributed by atoms with Crippen molar-refractivity contribution < 1.29 is 14.3 Å². The van der Waals surface area contributed by atoms with Crippen LogP contribution in [0.1, 0.15) is 19.8 Å². The summed E-state index contributed by atoms with van der Waals surface area (Å²) < 4.78 is 10.4. The third-order valence-corrected chi connectivity index (χ3v) is 3.26. The molecule has 0 spiro atoms. The van der Waals surface area contributed by atoms with Crippen molar-refractivity contribution in [1.29, 1.82) is 0 Å². The van der Waals surface area contributed by atoms with Crippen LogP contribution in [0.15, 0.2) is 12.7 Å². The molecule has 1 heterocycles. The molecule has 2 atom stereocenters. The van der Waals surface area contributed by atoms with E-state index in [1.165, 1.54) is 0 Å². The zero-order valence-electron chi connectivity index (χ0n) is 8.40. The van der Waals surface area contributed by atoms with E-state index in [4.69, 9.17) is 9.47 Å². The molecule has 1 aliphatic heterocycles. The highest BCUT2D eigenvalue weighted by atomic mass is 32.2. The van der Waals surface area contributed by atoms with Crippen molar-refractivity contribution in [3.63, 3.8) is 0 Å². The van der Waals surface area contributed by atoms with Gasteiger partial charge in [-0.05, 0) is 12.8 Å². The molecule has 80 valence electrons. The second-order valence-corrected chi connectivity index (χ2v) is 4.70. The first kappa shape index (κ1) is 11.6. The Labute approximate surface area is 88.8 Å². The van der Waals surface area contributed by atoms with E-state index >= 15 is 0 Å². The molecule has 0 aromatic carbocycles. The lowest BCUT2D eigenvalue weighted by molar-refractivity contribution is -0.168. The molecular formula is C10H16O3S. The molecule has 1 aliphatic rings. The van der Waals surface area contributed by atoms with Crippen LogP contribution < -0.4 is 0 Å². The highest BCUT2D eigenvalue weighted by Crippen LogP contribution is 2.21. The van der Waals surface area contributed by atoms with Gasteiger partial charge in [-0.15, -0.1) is 0 Å². The smallest absolute Gasteiger partial charge is 0.332 e. The molecule has 4 heteroatoms. The number of esters is 1. The second-order valence-electron chi connectivity index (χ2n) is 3.23. The summed E-state index contributed by atoms with van der Waals surface area (Å²) in [4.78, 5) is 10.9. The van der Waals surface area contributed by atoms with Gasteiger partial charge in [-0.3, -0.25) is 0 Å². The summed E-state index contributed by atoms with van der Waals surface area (Å²) in [5.41, 5.74) is 0. The van der Waals surface area contributed by atoms with Crippen LogP contribution in [-0.2, 0) is 14.3 Å². The van der Waals surface area contributed by atoms with Crippen LogP contribution in [-0.4, -0.2) is 29.9 Å². The predicted octanol–water partition coefficient (Wildman–Crippen LogP) is 1.97. The zero-order chi connectivity index (χ0) is 10.4. The molecule has 0 amide bonds. The fourth-order valence-corrected chi connectivity index (χ4v) is 2.19. The Balaban J connectivity index is 2.35. The van der Waals surface area contributed by atoms with E-state index in [-0.39, 0.29) is 0 Å². The van der Waals surface area contributed by atoms with Gasteiger partial charge >= 0.3 is 5.97 Å². The van der Waals surface area contributed by atoms with Crippen LogP contribution >= 0.6 is 11.8 Å². The number of rotatable bonds is 2. The lowest BCUT2D eigenvalue weighted by atomic mass is 10.2. The van der Waals surface area contributed by atoms with Gasteiger partial charge in [0.15, 0.2) is 0 Å². The quantitative estimate of drug-likeness (QED) is 0.522. The Morgan fingerprint density at radius 3 is 3.21 bits per heavy atom. The number of hydrogen-bond acceptors (Lipinski definition) is 4. The van der Waals surface area contributed by atoms with E-state index in [0.717, 1.165) is 18.9 Å². The summed E-state index contributed by atoms with van der Waals surface area (Å²) in [5, 5.41) is 0.615. The molecular weight excluding hydrogens is 200 g/mol. The third-order valence-electron chi connectivity index (χ3n) is 1.99. The Morgan fingerprint density at radius 1 is 1.71 bits per heavy atom. The average Bonchev–Trinajstić information content (AvgIpc) is 2.16. The maximum absolute atomic E-state index is 10.9. The molecule has 2 unspecified atom stereocenters. The highest BCUT2D eigenvalue weighted by molar-refractivity contribution is 7.99. The average molecular weight is 216 g/mol. The molecule has 1 rings (SSSR count). The zero-order valence-corrected chi connectivity index (χ0v) is 9.22. The molecule has 0 aliphatic carbocycles. The van der Waals surface area contributed by atoms with Gasteiger partial charge in [0, 0.05) is 11.3 Å². The Morgan fingerprint density at radius 2 is 2.50 bits per heavy atom. The summed E-state index contributed by atoms with van der Waals surface area (Å²) in [6.45, 7) is 6.20. The molecule has 14 heavy (non-hydrogen) atoms. The Hall–Kier alpha value is -0.480. The van der Waals surface area contributed by atoms with Gasteiger partial charge < -0.3 is 9.47 Å². The van der Waals surface area contributed by atoms with Gasteiger partial charge in [0.25, 0.3) is 0 Å². The molecule has 3 nitrogen and oxygen atoms in total. The van der Waals surface area contributed by atoms with Crippen molar-refractivity contribution in [3.05, 3.63) is 12.7 Å². The molecule has 0 saturated carbocycles. The summed E-state index contributed by atoms with van der Waals surface area (Å²) in [6, 6.07) is 0. The first-order chi connectivity index (χ1) is 6.72. The molecule has 0 bridgehead atoms. The molecule has 1 saturated heterocycles. The Kier molecular flexibility index (Phi) is 5.04. The monoisotopic (exact) mass is 216 g/mol. The first-order valence-electron chi connectivity index (χ1n) is 4.78. The standard InChI is InChI=1S/C10H16O3S/c1-3-9(11)13-10-7-14-8(2)5-4-6-12-10/h3,8,10H,1,4-7H2,2H3. The summed E-state index contributed by atoms with van der Waals surface area (Å²) in [7, 11) is 0. The minimum Gasteiger partial charge on any atom is -0.432 e. The topological polar surface area (TPSA) is 35.5 Å². The summed E-state index contributed by atoms with van der Waals surface area (Å²) in [5.74, 6) is 0.296. The van der Waals surface area contributed by atoms with Crippen molar-refractivity contribution in [2.45, 2.75) is 31.3 Å². The van der Waals surface area contributed by atoms with Gasteiger partial charge in [0.2, 0.25) is 6.29 Å². The van der Waals surface area contributed by atoms with Crippen LogP contribution in [0.4, 0.5) is 0 Å². The van der Waals surface area contributed by atoms with Gasteiger partial charge in [0.1, 0.15) is 0 Å². The Bertz CT molecular complexity index is 206. The van der Waals surface area contributed by atoms with E-state index in [2.05, 4.69) is 13.5 Å². The van der Waals surface area contributed by atoms with E-state index in [0.29, 0.717) is 17.6 Å². The van der Waals surface area contributed by atoms with Crippen molar-refractivity contribution in [3.8, 4) is 0 Å². The van der Waals surface area contributed by atoms with Crippen LogP contribution in [0.25, 0.3) is 0 Å². The minimum absolute atomic E-state index is 0.409.